The predicted molar refractivity (Wildman–Crippen MR) is 115 cm³/mol. The number of hydrogen-bond acceptors (Lipinski definition) is 3. The molecule has 3 N–H and O–H groups in total. The third-order valence-corrected chi connectivity index (χ3v) is 3.79. The molecule has 0 radical (unpaired) electrons. The van der Waals surface area contributed by atoms with Crippen molar-refractivity contribution in [2.75, 3.05) is 18.5 Å². The molecule has 0 atom stereocenters. The Morgan fingerprint density at radius 3 is 2.75 bits per heavy atom. The highest BCUT2D eigenvalue weighted by molar-refractivity contribution is 5.88. The summed E-state index contributed by atoms with van der Waals surface area (Å²) in [4.78, 5) is 15.9. The first-order chi connectivity index (χ1) is 13.6. The number of guanidine groups is 1. The number of carbonyl (C=O) groups excluding carboxylic acids is 1. The Bertz CT molecular complexity index is 818. The Kier molecular flexibility index (Phi) is 8.59. The maximum absolute atomic E-state index is 11.2. The average molecular weight is 380 g/mol. The number of nitrogens with zero attached hydrogens (tertiary/aromatic N) is 1. The van der Waals surface area contributed by atoms with Crippen LogP contribution in [0.25, 0.3) is 0 Å². The van der Waals surface area contributed by atoms with Crippen LogP contribution < -0.4 is 20.7 Å². The molecule has 2 aromatic carbocycles. The monoisotopic (exact) mass is 380 g/mol. The van der Waals surface area contributed by atoms with Crippen LogP contribution in [0.15, 0.2) is 66.2 Å². The summed E-state index contributed by atoms with van der Waals surface area (Å²) in [5, 5.41) is 9.37. The number of nitrogens with one attached hydrogen (secondary N) is 3. The van der Waals surface area contributed by atoms with Gasteiger partial charge in [0.15, 0.2) is 5.96 Å². The fourth-order valence-electron chi connectivity index (χ4n) is 2.58. The maximum Gasteiger partial charge on any atom is 0.221 e. The summed E-state index contributed by atoms with van der Waals surface area (Å²) in [5.41, 5.74) is 2.83. The van der Waals surface area contributed by atoms with Crippen molar-refractivity contribution in [3.8, 4) is 5.75 Å². The van der Waals surface area contributed by atoms with Crippen LogP contribution in [0.1, 0.15) is 25.0 Å². The van der Waals surface area contributed by atoms with E-state index in [2.05, 4.69) is 27.5 Å². The molecule has 0 heterocycles. The topological polar surface area (TPSA) is 74.8 Å². The van der Waals surface area contributed by atoms with Crippen molar-refractivity contribution >= 4 is 17.6 Å². The molecule has 0 aliphatic heterocycles. The number of para-hydroxylation sites is 1. The first-order valence-electron chi connectivity index (χ1n) is 9.32. The van der Waals surface area contributed by atoms with Crippen LogP contribution in [0.5, 0.6) is 5.75 Å². The third kappa shape index (κ3) is 7.15. The zero-order valence-corrected chi connectivity index (χ0v) is 16.5. The number of ether oxygens (including phenoxy) is 1. The molecule has 0 saturated heterocycles. The molecule has 6 nitrogen and oxygen atoms in total. The lowest BCUT2D eigenvalue weighted by molar-refractivity contribution is -0.114. The average Bonchev–Trinajstić information content (AvgIpc) is 2.69. The fourth-order valence-corrected chi connectivity index (χ4v) is 2.58. The second kappa shape index (κ2) is 11.4. The largest absolute Gasteiger partial charge is 0.489 e. The summed E-state index contributed by atoms with van der Waals surface area (Å²) >= 11 is 0. The first kappa shape index (κ1) is 21.0. The van der Waals surface area contributed by atoms with E-state index in [1.54, 1.807) is 6.08 Å². The summed E-state index contributed by atoms with van der Waals surface area (Å²) in [5.74, 6) is 1.45. The van der Waals surface area contributed by atoms with Gasteiger partial charge in [-0.3, -0.25) is 4.79 Å². The highest BCUT2D eigenvalue weighted by atomic mass is 16.5. The summed E-state index contributed by atoms with van der Waals surface area (Å²) in [6, 6.07) is 15.6. The summed E-state index contributed by atoms with van der Waals surface area (Å²) < 4.78 is 5.70. The quantitative estimate of drug-likeness (QED) is 0.354. The molecule has 0 bridgehead atoms. The first-order valence-corrected chi connectivity index (χ1v) is 9.32. The van der Waals surface area contributed by atoms with Gasteiger partial charge in [0.05, 0.1) is 6.54 Å². The van der Waals surface area contributed by atoms with Crippen molar-refractivity contribution in [1.29, 1.82) is 0 Å². The van der Waals surface area contributed by atoms with Crippen LogP contribution in [0.4, 0.5) is 5.69 Å². The number of benzene rings is 2. The molecule has 0 aliphatic carbocycles. The standard InChI is InChI=1S/C22H28N4O2/c1-4-13-28-21-12-7-6-10-19(21)16-25-22(23-5-2)24-15-18-9-8-11-20(14-18)26-17(3)27/h4,6-12,14H,1,5,13,15-16H2,2-3H3,(H,26,27)(H2,23,24,25). The van der Waals surface area contributed by atoms with Crippen molar-refractivity contribution in [2.24, 2.45) is 4.99 Å². The molecule has 6 heteroatoms. The van der Waals surface area contributed by atoms with Gasteiger partial charge in [-0.05, 0) is 30.7 Å². The Morgan fingerprint density at radius 1 is 1.18 bits per heavy atom. The maximum atomic E-state index is 11.2. The predicted octanol–water partition coefficient (Wildman–Crippen LogP) is 3.47. The van der Waals surface area contributed by atoms with Gasteiger partial charge in [-0.25, -0.2) is 4.99 Å². The highest BCUT2D eigenvalue weighted by Crippen LogP contribution is 2.17. The van der Waals surface area contributed by atoms with Crippen molar-refractivity contribution in [3.05, 3.63) is 72.3 Å². The van der Waals surface area contributed by atoms with Crippen molar-refractivity contribution in [3.63, 3.8) is 0 Å². The van der Waals surface area contributed by atoms with Crippen molar-refractivity contribution in [2.45, 2.75) is 26.9 Å². The van der Waals surface area contributed by atoms with Crippen LogP contribution in [0, 0.1) is 0 Å². The molecule has 0 aromatic heterocycles. The van der Waals surface area contributed by atoms with Crippen LogP contribution >= 0.6 is 0 Å². The number of carbonyl (C=O) groups is 1. The molecule has 0 aliphatic rings. The van der Waals surface area contributed by atoms with Gasteiger partial charge in [-0.2, -0.15) is 0 Å². The minimum atomic E-state index is -0.0898. The molecular formula is C22H28N4O2. The lowest BCUT2D eigenvalue weighted by Gasteiger charge is -2.14. The molecular weight excluding hydrogens is 352 g/mol. The van der Waals surface area contributed by atoms with E-state index < -0.39 is 0 Å². The minimum Gasteiger partial charge on any atom is -0.489 e. The smallest absolute Gasteiger partial charge is 0.221 e. The van der Waals surface area contributed by atoms with Gasteiger partial charge in [0.25, 0.3) is 0 Å². The molecule has 0 saturated carbocycles. The van der Waals surface area contributed by atoms with Gasteiger partial charge in [0.1, 0.15) is 12.4 Å². The summed E-state index contributed by atoms with van der Waals surface area (Å²) in [6.45, 7) is 9.51. The van der Waals surface area contributed by atoms with E-state index in [4.69, 9.17) is 4.74 Å². The van der Waals surface area contributed by atoms with Gasteiger partial charge < -0.3 is 20.7 Å². The van der Waals surface area contributed by atoms with E-state index in [0.29, 0.717) is 25.7 Å². The lowest BCUT2D eigenvalue weighted by Crippen LogP contribution is -2.36. The Balaban J connectivity index is 2.03. The SMILES string of the molecule is C=CCOc1ccccc1CNC(=NCc1cccc(NC(C)=O)c1)NCC. The van der Waals surface area contributed by atoms with Crippen LogP contribution in [-0.4, -0.2) is 25.0 Å². The van der Waals surface area contributed by atoms with E-state index in [1.165, 1.54) is 6.92 Å². The van der Waals surface area contributed by atoms with E-state index in [-0.39, 0.29) is 5.91 Å². The number of anilines is 1. The van der Waals surface area contributed by atoms with E-state index in [1.807, 2.05) is 55.5 Å². The van der Waals surface area contributed by atoms with Crippen molar-refractivity contribution < 1.29 is 9.53 Å². The van der Waals surface area contributed by atoms with Gasteiger partial charge in [0.2, 0.25) is 5.91 Å². The van der Waals surface area contributed by atoms with Gasteiger partial charge in [-0.1, -0.05) is 43.0 Å². The van der Waals surface area contributed by atoms with Gasteiger partial charge in [-0.15, -0.1) is 0 Å². The van der Waals surface area contributed by atoms with E-state index in [0.717, 1.165) is 29.1 Å². The fraction of sp³-hybridized carbons (Fsp3) is 0.273. The molecule has 0 fully saturated rings. The number of amides is 1. The Hall–Kier alpha value is -3.28. The van der Waals surface area contributed by atoms with E-state index in [9.17, 15) is 4.79 Å². The second-order valence-electron chi connectivity index (χ2n) is 6.14. The summed E-state index contributed by atoms with van der Waals surface area (Å²) in [7, 11) is 0. The molecule has 2 aromatic rings. The van der Waals surface area contributed by atoms with E-state index >= 15 is 0 Å². The molecule has 28 heavy (non-hydrogen) atoms. The molecule has 148 valence electrons. The lowest BCUT2D eigenvalue weighted by atomic mass is 10.2. The molecule has 0 spiro atoms. The highest BCUT2D eigenvalue weighted by Gasteiger charge is 2.04. The number of hydrogen-bond donors (Lipinski definition) is 3. The van der Waals surface area contributed by atoms with Gasteiger partial charge >= 0.3 is 0 Å². The van der Waals surface area contributed by atoms with Crippen LogP contribution in [-0.2, 0) is 17.9 Å². The normalized spacial score (nSPS) is 10.9. The Morgan fingerprint density at radius 2 is 2.00 bits per heavy atom. The summed E-state index contributed by atoms with van der Waals surface area (Å²) in [6.07, 6.45) is 1.73. The molecule has 2 rings (SSSR count). The van der Waals surface area contributed by atoms with Crippen LogP contribution in [0.2, 0.25) is 0 Å². The van der Waals surface area contributed by atoms with Gasteiger partial charge in [0, 0.05) is 31.3 Å². The zero-order valence-electron chi connectivity index (χ0n) is 16.5. The minimum absolute atomic E-state index is 0.0898. The molecule has 1 amide bonds. The Labute approximate surface area is 166 Å². The molecule has 0 unspecified atom stereocenters. The third-order valence-electron chi connectivity index (χ3n) is 3.79. The van der Waals surface area contributed by atoms with Crippen LogP contribution in [0.3, 0.4) is 0 Å². The van der Waals surface area contributed by atoms with Crippen molar-refractivity contribution in [1.82, 2.24) is 10.6 Å². The zero-order chi connectivity index (χ0) is 20.2. The number of rotatable bonds is 9. The second-order valence-corrected chi connectivity index (χ2v) is 6.14. The number of aliphatic imine (C=N–C) groups is 1.